The quantitative estimate of drug-likeness (QED) is 0.409. The third-order valence-corrected chi connectivity index (χ3v) is 2.71. The number of nitro groups is 1. The Balaban J connectivity index is 5.06. The zero-order chi connectivity index (χ0) is 14.2. The second-order valence-corrected chi connectivity index (χ2v) is 4.06. The Labute approximate surface area is 107 Å². The van der Waals surface area contributed by atoms with Gasteiger partial charge in [0.1, 0.15) is 5.60 Å². The molecule has 0 aromatic heterocycles. The third-order valence-electron chi connectivity index (χ3n) is 2.71. The molecule has 0 radical (unpaired) electrons. The molecule has 1 unspecified atom stereocenters. The number of esters is 1. The summed E-state index contributed by atoms with van der Waals surface area (Å²) in [5.41, 5.74) is -1.22. The van der Waals surface area contributed by atoms with Crippen LogP contribution in [0.3, 0.4) is 0 Å². The van der Waals surface area contributed by atoms with E-state index in [1.165, 1.54) is 0 Å². The fraction of sp³-hybridized carbons (Fsp3) is 0.750. The minimum absolute atomic E-state index is 0.223. The number of rotatable bonds is 8. The van der Waals surface area contributed by atoms with Crippen molar-refractivity contribution < 1.29 is 19.6 Å². The molecule has 0 heterocycles. The number of ether oxygens (including phenoxy) is 1. The lowest BCUT2D eigenvalue weighted by molar-refractivity contribution is -0.404. The van der Waals surface area contributed by atoms with Crippen molar-refractivity contribution in [3.8, 4) is 0 Å². The number of aliphatic hydroxyl groups is 1. The van der Waals surface area contributed by atoms with Crippen molar-refractivity contribution in [2.45, 2.75) is 52.1 Å². The minimum atomic E-state index is -1.49. The van der Waals surface area contributed by atoms with E-state index >= 15 is 0 Å². The van der Waals surface area contributed by atoms with E-state index in [9.17, 15) is 20.0 Å². The van der Waals surface area contributed by atoms with E-state index in [4.69, 9.17) is 4.74 Å². The SMILES string of the molecule is CCC/C(=C\[N+](=O)[O-])C(O)(CC)CC(=O)OCC. The zero-order valence-electron chi connectivity index (χ0n) is 11.1. The Morgan fingerprint density at radius 2 is 2.06 bits per heavy atom. The Morgan fingerprint density at radius 3 is 2.44 bits per heavy atom. The average molecular weight is 259 g/mol. The molecule has 0 aromatic carbocycles. The molecule has 6 heteroatoms. The topological polar surface area (TPSA) is 89.7 Å². The third kappa shape index (κ3) is 5.27. The molecular weight excluding hydrogens is 238 g/mol. The Bertz CT molecular complexity index is 326. The van der Waals surface area contributed by atoms with Crippen LogP contribution in [-0.4, -0.2) is 28.2 Å². The van der Waals surface area contributed by atoms with Gasteiger partial charge in [0.05, 0.1) is 18.0 Å². The molecule has 0 aromatic rings. The summed E-state index contributed by atoms with van der Waals surface area (Å²) in [7, 11) is 0. The summed E-state index contributed by atoms with van der Waals surface area (Å²) in [4.78, 5) is 21.4. The molecule has 0 aliphatic carbocycles. The molecule has 104 valence electrons. The molecule has 0 saturated heterocycles. The first-order valence-corrected chi connectivity index (χ1v) is 6.12. The van der Waals surface area contributed by atoms with Crippen LogP contribution in [0.1, 0.15) is 46.5 Å². The molecule has 0 fully saturated rings. The first kappa shape index (κ1) is 16.6. The van der Waals surface area contributed by atoms with E-state index in [2.05, 4.69) is 0 Å². The van der Waals surface area contributed by atoms with Crippen LogP contribution >= 0.6 is 0 Å². The van der Waals surface area contributed by atoms with Gasteiger partial charge in [-0.2, -0.15) is 0 Å². The van der Waals surface area contributed by atoms with E-state index < -0.39 is 16.5 Å². The van der Waals surface area contributed by atoms with E-state index in [0.717, 1.165) is 6.20 Å². The van der Waals surface area contributed by atoms with Crippen molar-refractivity contribution >= 4 is 5.97 Å². The van der Waals surface area contributed by atoms with Crippen LogP contribution in [0.25, 0.3) is 0 Å². The molecule has 0 aliphatic rings. The normalized spacial score (nSPS) is 15.0. The highest BCUT2D eigenvalue weighted by molar-refractivity contribution is 5.71. The maximum absolute atomic E-state index is 11.4. The molecule has 18 heavy (non-hydrogen) atoms. The van der Waals surface area contributed by atoms with Crippen LogP contribution in [0.4, 0.5) is 0 Å². The maximum atomic E-state index is 11.4. The largest absolute Gasteiger partial charge is 0.466 e. The number of hydrogen-bond donors (Lipinski definition) is 1. The summed E-state index contributed by atoms with van der Waals surface area (Å²) in [6.45, 7) is 5.43. The van der Waals surface area contributed by atoms with Crippen molar-refractivity contribution in [3.05, 3.63) is 21.9 Å². The standard InChI is InChI=1S/C12H21NO5/c1-4-7-10(9-13(16)17)12(15,5-2)8-11(14)18-6-3/h9,15H,4-8H2,1-3H3/b10-9+. The number of carbonyl (C=O) groups is 1. The van der Waals surface area contributed by atoms with Gasteiger partial charge in [0.2, 0.25) is 6.20 Å². The van der Waals surface area contributed by atoms with Crippen molar-refractivity contribution in [2.24, 2.45) is 0 Å². The molecule has 1 N–H and O–H groups in total. The minimum Gasteiger partial charge on any atom is -0.466 e. The van der Waals surface area contributed by atoms with Crippen molar-refractivity contribution in [1.29, 1.82) is 0 Å². The van der Waals surface area contributed by atoms with Crippen LogP contribution < -0.4 is 0 Å². The van der Waals surface area contributed by atoms with E-state index in [1.54, 1.807) is 13.8 Å². The van der Waals surface area contributed by atoms with E-state index in [1.807, 2.05) is 6.92 Å². The van der Waals surface area contributed by atoms with Gasteiger partial charge in [0.15, 0.2) is 0 Å². The average Bonchev–Trinajstić information content (AvgIpc) is 2.28. The van der Waals surface area contributed by atoms with Gasteiger partial charge in [-0.25, -0.2) is 0 Å². The summed E-state index contributed by atoms with van der Waals surface area (Å²) < 4.78 is 4.78. The monoisotopic (exact) mass is 259 g/mol. The molecule has 0 amide bonds. The van der Waals surface area contributed by atoms with Gasteiger partial charge >= 0.3 is 5.97 Å². The van der Waals surface area contributed by atoms with Crippen molar-refractivity contribution in [2.75, 3.05) is 6.61 Å². The van der Waals surface area contributed by atoms with Gasteiger partial charge in [-0.05, 0) is 19.8 Å². The number of hydrogen-bond acceptors (Lipinski definition) is 5. The van der Waals surface area contributed by atoms with E-state index in [0.29, 0.717) is 12.8 Å². The first-order valence-electron chi connectivity index (χ1n) is 6.12. The summed E-state index contributed by atoms with van der Waals surface area (Å²) >= 11 is 0. The molecule has 1 atom stereocenters. The number of nitrogens with zero attached hydrogens (tertiary/aromatic N) is 1. The summed E-state index contributed by atoms with van der Waals surface area (Å²) in [5, 5.41) is 20.9. The molecular formula is C12H21NO5. The fourth-order valence-corrected chi connectivity index (χ4v) is 1.73. The van der Waals surface area contributed by atoms with Crippen LogP contribution in [0, 0.1) is 10.1 Å². The predicted octanol–water partition coefficient (Wildman–Crippen LogP) is 2.04. The lowest BCUT2D eigenvalue weighted by Gasteiger charge is -2.27. The smallest absolute Gasteiger partial charge is 0.309 e. The summed E-state index contributed by atoms with van der Waals surface area (Å²) in [5.74, 6) is -0.549. The van der Waals surface area contributed by atoms with Gasteiger partial charge in [-0.1, -0.05) is 20.3 Å². The van der Waals surface area contributed by atoms with Crippen molar-refractivity contribution in [1.82, 2.24) is 0 Å². The van der Waals surface area contributed by atoms with Gasteiger partial charge < -0.3 is 9.84 Å². The molecule has 0 rings (SSSR count). The fourth-order valence-electron chi connectivity index (χ4n) is 1.73. The van der Waals surface area contributed by atoms with Crippen LogP contribution in [-0.2, 0) is 9.53 Å². The molecule has 0 bridgehead atoms. The molecule has 6 nitrogen and oxygen atoms in total. The van der Waals surface area contributed by atoms with Gasteiger partial charge in [-0.15, -0.1) is 0 Å². The van der Waals surface area contributed by atoms with Gasteiger partial charge in [-0.3, -0.25) is 14.9 Å². The van der Waals surface area contributed by atoms with Crippen molar-refractivity contribution in [3.63, 3.8) is 0 Å². The zero-order valence-corrected chi connectivity index (χ0v) is 11.1. The Morgan fingerprint density at radius 1 is 1.44 bits per heavy atom. The van der Waals surface area contributed by atoms with Crippen LogP contribution in [0.5, 0.6) is 0 Å². The van der Waals surface area contributed by atoms with Gasteiger partial charge in [0, 0.05) is 5.57 Å². The Kier molecular flexibility index (Phi) is 7.19. The lowest BCUT2D eigenvalue weighted by atomic mass is 9.85. The van der Waals surface area contributed by atoms with Gasteiger partial charge in [0.25, 0.3) is 0 Å². The van der Waals surface area contributed by atoms with E-state index in [-0.39, 0.29) is 25.0 Å². The summed E-state index contributed by atoms with van der Waals surface area (Å²) in [6, 6.07) is 0. The predicted molar refractivity (Wildman–Crippen MR) is 66.5 cm³/mol. The summed E-state index contributed by atoms with van der Waals surface area (Å²) in [6.07, 6.45) is 1.81. The highest BCUT2D eigenvalue weighted by Crippen LogP contribution is 2.29. The highest BCUT2D eigenvalue weighted by atomic mass is 16.6. The molecule has 0 aliphatic heterocycles. The lowest BCUT2D eigenvalue weighted by Crippen LogP contribution is -2.34. The first-order chi connectivity index (χ1) is 8.39. The molecule has 0 spiro atoms. The van der Waals surface area contributed by atoms with Crippen LogP contribution in [0.15, 0.2) is 11.8 Å². The Hall–Kier alpha value is -1.43. The number of carbonyl (C=O) groups excluding carboxylic acids is 1. The molecule has 0 saturated carbocycles. The highest BCUT2D eigenvalue weighted by Gasteiger charge is 2.34. The maximum Gasteiger partial charge on any atom is 0.309 e. The second-order valence-electron chi connectivity index (χ2n) is 4.06. The van der Waals surface area contributed by atoms with Crippen LogP contribution in [0.2, 0.25) is 0 Å². The second kappa shape index (κ2) is 7.81.